The van der Waals surface area contributed by atoms with Gasteiger partial charge in [-0.1, -0.05) is 40.9 Å². The molecule has 0 radical (unpaired) electrons. The molecule has 0 saturated carbocycles. The Morgan fingerprint density at radius 2 is 1.82 bits per heavy atom. The number of nitroso groups, excluding NO2 is 1. The first-order valence-corrected chi connectivity index (χ1v) is 7.42. The third kappa shape index (κ3) is 2.54. The maximum absolute atomic E-state index is 11.0. The molecule has 112 valence electrons. The number of rotatable bonds is 3. The molecule has 1 aromatic heterocycles. The van der Waals surface area contributed by atoms with E-state index in [4.69, 9.17) is 34.8 Å². The molecule has 0 aliphatic heterocycles. The maximum Gasteiger partial charge on any atom is 0.222 e. The third-order valence-corrected chi connectivity index (χ3v) is 4.36. The van der Waals surface area contributed by atoms with E-state index in [2.05, 4.69) is 5.18 Å². The summed E-state index contributed by atoms with van der Waals surface area (Å²) in [4.78, 5) is 11.0. The van der Waals surface area contributed by atoms with Crippen LogP contribution in [0.2, 0.25) is 15.1 Å². The van der Waals surface area contributed by atoms with Crippen molar-refractivity contribution in [1.82, 2.24) is 4.57 Å². The van der Waals surface area contributed by atoms with Crippen molar-refractivity contribution < 1.29 is 5.11 Å². The van der Waals surface area contributed by atoms with Gasteiger partial charge in [0.25, 0.3) is 0 Å². The van der Waals surface area contributed by atoms with Crippen molar-refractivity contribution in [1.29, 1.82) is 0 Å². The van der Waals surface area contributed by atoms with E-state index in [0.717, 1.165) is 5.56 Å². The third-order valence-electron chi connectivity index (χ3n) is 3.39. The number of halogens is 3. The van der Waals surface area contributed by atoms with E-state index in [1.54, 1.807) is 41.0 Å². The van der Waals surface area contributed by atoms with Crippen LogP contribution in [-0.4, -0.2) is 9.67 Å². The van der Waals surface area contributed by atoms with Gasteiger partial charge in [0.15, 0.2) is 5.69 Å². The Kier molecular flexibility index (Phi) is 4.00. The summed E-state index contributed by atoms with van der Waals surface area (Å²) in [5.74, 6) is -0.210. The highest BCUT2D eigenvalue weighted by Crippen LogP contribution is 2.40. The van der Waals surface area contributed by atoms with E-state index in [1.807, 2.05) is 0 Å². The highest BCUT2D eigenvalue weighted by Gasteiger charge is 2.18. The van der Waals surface area contributed by atoms with Crippen molar-refractivity contribution >= 4 is 51.4 Å². The lowest BCUT2D eigenvalue weighted by Crippen LogP contribution is -1.98. The summed E-state index contributed by atoms with van der Waals surface area (Å²) in [6, 6.07) is 10.2. The molecule has 2 aromatic carbocycles. The molecule has 3 rings (SSSR count). The first-order valence-electron chi connectivity index (χ1n) is 6.29. The van der Waals surface area contributed by atoms with E-state index in [-0.39, 0.29) is 11.6 Å². The largest absolute Gasteiger partial charge is 0.493 e. The van der Waals surface area contributed by atoms with Gasteiger partial charge in [0.1, 0.15) is 0 Å². The van der Waals surface area contributed by atoms with Crippen LogP contribution in [0.15, 0.2) is 41.6 Å². The van der Waals surface area contributed by atoms with E-state index >= 15 is 0 Å². The molecule has 22 heavy (non-hydrogen) atoms. The lowest BCUT2D eigenvalue weighted by molar-refractivity contribution is 0.430. The fraction of sp³-hybridized carbons (Fsp3) is 0.0667. The van der Waals surface area contributed by atoms with E-state index in [0.29, 0.717) is 32.5 Å². The molecule has 0 unspecified atom stereocenters. The first-order chi connectivity index (χ1) is 10.5. The zero-order chi connectivity index (χ0) is 15.9. The van der Waals surface area contributed by atoms with Crippen LogP contribution in [0, 0.1) is 4.91 Å². The summed E-state index contributed by atoms with van der Waals surface area (Å²) in [7, 11) is 0. The van der Waals surface area contributed by atoms with E-state index in [1.165, 1.54) is 0 Å². The van der Waals surface area contributed by atoms with Gasteiger partial charge in [0.05, 0.1) is 22.1 Å². The smallest absolute Gasteiger partial charge is 0.222 e. The van der Waals surface area contributed by atoms with Crippen LogP contribution < -0.4 is 0 Å². The van der Waals surface area contributed by atoms with Gasteiger partial charge in [-0.05, 0) is 41.1 Å². The Balaban J connectivity index is 2.16. The Bertz CT molecular complexity index is 890. The van der Waals surface area contributed by atoms with Crippen molar-refractivity contribution in [3.05, 3.63) is 61.9 Å². The number of hydrogen-bond acceptors (Lipinski definition) is 3. The Hall–Kier alpha value is -1.75. The SMILES string of the molecule is O=Nc1c(O)n(Cc2ccc(Cl)c(Cl)c2)c2ccc(Cl)cc12. The molecular formula is C15H9Cl3N2O2. The van der Waals surface area contributed by atoms with Gasteiger partial charge >= 0.3 is 0 Å². The molecule has 0 bridgehead atoms. The topological polar surface area (TPSA) is 54.6 Å². The fourth-order valence-corrected chi connectivity index (χ4v) is 2.86. The van der Waals surface area contributed by atoms with E-state index in [9.17, 15) is 10.0 Å². The Morgan fingerprint density at radius 1 is 1.05 bits per heavy atom. The zero-order valence-electron chi connectivity index (χ0n) is 11.1. The summed E-state index contributed by atoms with van der Waals surface area (Å²) in [6.07, 6.45) is 0. The lowest BCUT2D eigenvalue weighted by Gasteiger charge is -2.08. The minimum atomic E-state index is -0.210. The monoisotopic (exact) mass is 354 g/mol. The average Bonchev–Trinajstić information content (AvgIpc) is 2.74. The first kappa shape index (κ1) is 15.2. The molecular weight excluding hydrogens is 347 g/mol. The van der Waals surface area contributed by atoms with Crippen molar-refractivity contribution in [2.75, 3.05) is 0 Å². The van der Waals surface area contributed by atoms with Crippen molar-refractivity contribution in [2.45, 2.75) is 6.54 Å². The van der Waals surface area contributed by atoms with Gasteiger partial charge in [-0.2, -0.15) is 0 Å². The second-order valence-corrected chi connectivity index (χ2v) is 6.01. The van der Waals surface area contributed by atoms with Crippen molar-refractivity contribution in [3.63, 3.8) is 0 Å². The van der Waals surface area contributed by atoms with Crippen LogP contribution in [0.3, 0.4) is 0 Å². The van der Waals surface area contributed by atoms with Crippen LogP contribution >= 0.6 is 34.8 Å². The molecule has 1 N–H and O–H groups in total. The number of aromatic nitrogens is 1. The van der Waals surface area contributed by atoms with Gasteiger partial charge in [0.2, 0.25) is 5.88 Å². The highest BCUT2D eigenvalue weighted by molar-refractivity contribution is 6.42. The highest BCUT2D eigenvalue weighted by atomic mass is 35.5. The summed E-state index contributed by atoms with van der Waals surface area (Å²) < 4.78 is 1.57. The molecule has 4 nitrogen and oxygen atoms in total. The normalized spacial score (nSPS) is 11.0. The predicted molar refractivity (Wildman–Crippen MR) is 89.6 cm³/mol. The number of hydrogen-bond donors (Lipinski definition) is 1. The summed E-state index contributed by atoms with van der Waals surface area (Å²) >= 11 is 17.8. The molecule has 0 saturated heterocycles. The fourth-order valence-electron chi connectivity index (χ4n) is 2.37. The molecule has 0 atom stereocenters. The predicted octanol–water partition coefficient (Wildman–Crippen LogP) is 5.75. The standard InChI is InChI=1S/C15H9Cl3N2O2/c16-9-2-4-13-10(6-9)14(19-22)15(21)20(13)7-8-1-3-11(17)12(18)5-8/h1-6,21H,7H2. The van der Waals surface area contributed by atoms with Gasteiger partial charge in [0, 0.05) is 10.4 Å². The maximum atomic E-state index is 11.0. The van der Waals surface area contributed by atoms with Crippen LogP contribution in [0.1, 0.15) is 5.56 Å². The minimum Gasteiger partial charge on any atom is -0.493 e. The second kappa shape index (κ2) is 5.80. The van der Waals surface area contributed by atoms with Crippen LogP contribution in [0.5, 0.6) is 5.88 Å². The molecule has 0 aliphatic rings. The number of aromatic hydroxyl groups is 1. The van der Waals surface area contributed by atoms with Crippen LogP contribution in [-0.2, 0) is 6.54 Å². The number of fused-ring (bicyclic) bond motifs is 1. The Morgan fingerprint density at radius 3 is 2.50 bits per heavy atom. The molecule has 0 spiro atoms. The summed E-state index contributed by atoms with van der Waals surface area (Å²) in [5, 5.41) is 15.0. The molecule has 7 heteroatoms. The van der Waals surface area contributed by atoms with Gasteiger partial charge in [-0.3, -0.25) is 0 Å². The van der Waals surface area contributed by atoms with Crippen LogP contribution in [0.4, 0.5) is 5.69 Å². The number of benzene rings is 2. The Labute approximate surface area is 140 Å². The average molecular weight is 356 g/mol. The second-order valence-electron chi connectivity index (χ2n) is 4.76. The van der Waals surface area contributed by atoms with E-state index < -0.39 is 0 Å². The van der Waals surface area contributed by atoms with Gasteiger partial charge in [-0.15, -0.1) is 4.91 Å². The molecule has 3 aromatic rings. The molecule has 0 aliphatic carbocycles. The molecule has 0 fully saturated rings. The molecule has 1 heterocycles. The summed E-state index contributed by atoms with van der Waals surface area (Å²) in [6.45, 7) is 0.316. The van der Waals surface area contributed by atoms with Crippen molar-refractivity contribution in [2.24, 2.45) is 5.18 Å². The van der Waals surface area contributed by atoms with Crippen molar-refractivity contribution in [3.8, 4) is 5.88 Å². The zero-order valence-corrected chi connectivity index (χ0v) is 13.3. The number of nitrogens with zero attached hydrogens (tertiary/aromatic N) is 2. The minimum absolute atomic E-state index is 0.0300. The quantitative estimate of drug-likeness (QED) is 0.608. The van der Waals surface area contributed by atoms with Crippen LogP contribution in [0.25, 0.3) is 10.9 Å². The van der Waals surface area contributed by atoms with Gasteiger partial charge in [-0.25, -0.2) is 0 Å². The van der Waals surface area contributed by atoms with Gasteiger partial charge < -0.3 is 9.67 Å². The molecule has 0 amide bonds. The summed E-state index contributed by atoms with van der Waals surface area (Å²) in [5.41, 5.74) is 1.45. The lowest BCUT2D eigenvalue weighted by atomic mass is 10.2.